The molecule has 2 nitrogen and oxygen atoms in total. The van der Waals surface area contributed by atoms with Gasteiger partial charge in [-0.15, -0.1) is 0 Å². The van der Waals surface area contributed by atoms with E-state index in [2.05, 4.69) is 11.4 Å². The summed E-state index contributed by atoms with van der Waals surface area (Å²) in [7, 11) is 0. The fourth-order valence-corrected chi connectivity index (χ4v) is 2.96. The molecule has 21 heavy (non-hydrogen) atoms. The first-order chi connectivity index (χ1) is 10.0. The second kappa shape index (κ2) is 5.93. The van der Waals surface area contributed by atoms with E-state index in [-0.39, 0.29) is 17.5 Å². The van der Waals surface area contributed by atoms with Crippen LogP contribution in [0.1, 0.15) is 18.4 Å². The zero-order chi connectivity index (χ0) is 14.9. The van der Waals surface area contributed by atoms with Crippen LogP contribution in [-0.4, -0.2) is 21.9 Å². The van der Waals surface area contributed by atoms with Gasteiger partial charge in [0.2, 0.25) is 0 Å². The van der Waals surface area contributed by atoms with Gasteiger partial charge < -0.3 is 9.88 Å². The monoisotopic (exact) mass is 314 g/mol. The number of halogens is 3. The van der Waals surface area contributed by atoms with Crippen molar-refractivity contribution >= 4 is 22.7 Å². The lowest BCUT2D eigenvalue weighted by molar-refractivity contribution is -0.0328. The lowest BCUT2D eigenvalue weighted by atomic mass is 10.1. The van der Waals surface area contributed by atoms with Gasteiger partial charge in [-0.3, -0.25) is 0 Å². The van der Waals surface area contributed by atoms with Gasteiger partial charge in [0.15, 0.2) is 0 Å². The maximum Gasteiger partial charge on any atom is 0.441 e. The molecule has 1 heterocycles. The fourth-order valence-electron chi connectivity index (χ4n) is 2.44. The van der Waals surface area contributed by atoms with Crippen LogP contribution in [0.4, 0.5) is 13.2 Å². The summed E-state index contributed by atoms with van der Waals surface area (Å²) in [6.07, 6.45) is 4.36. The van der Waals surface area contributed by atoms with Crippen LogP contribution in [0, 0.1) is 0 Å². The number of hydrogen-bond donors (Lipinski definition) is 1. The number of nitrogens with one attached hydrogen (secondary N) is 1. The smallest absolute Gasteiger partial charge is 0.347 e. The van der Waals surface area contributed by atoms with Crippen LogP contribution in [0.25, 0.3) is 10.9 Å². The Bertz CT molecular complexity index is 617. The zero-order valence-corrected chi connectivity index (χ0v) is 12.3. The molecule has 6 heteroatoms. The minimum absolute atomic E-state index is 0.0338. The predicted molar refractivity (Wildman–Crippen MR) is 80.3 cm³/mol. The van der Waals surface area contributed by atoms with Crippen molar-refractivity contribution in [3.8, 4) is 0 Å². The van der Waals surface area contributed by atoms with Gasteiger partial charge in [-0.25, -0.2) is 0 Å². The first-order valence-corrected chi connectivity index (χ1v) is 8.02. The lowest BCUT2D eigenvalue weighted by Gasteiger charge is -2.09. The van der Waals surface area contributed by atoms with E-state index >= 15 is 0 Å². The van der Waals surface area contributed by atoms with Crippen LogP contribution in [0.15, 0.2) is 30.5 Å². The molecule has 1 aliphatic rings. The molecule has 0 radical (unpaired) electrons. The minimum Gasteiger partial charge on any atom is -0.347 e. The Morgan fingerprint density at radius 1 is 1.24 bits per heavy atom. The van der Waals surface area contributed by atoms with Crippen molar-refractivity contribution in [2.75, 3.05) is 5.75 Å². The first kappa shape index (κ1) is 14.8. The molecular formula is C15H17F3N2S. The van der Waals surface area contributed by atoms with E-state index in [9.17, 15) is 13.2 Å². The molecule has 114 valence electrons. The Kier molecular flexibility index (Phi) is 4.17. The number of thioether (sulfide) groups is 1. The van der Waals surface area contributed by atoms with Crippen LogP contribution in [0.5, 0.6) is 0 Å². The molecule has 1 fully saturated rings. The Hall–Kier alpha value is -1.14. The molecule has 0 spiro atoms. The van der Waals surface area contributed by atoms with Gasteiger partial charge >= 0.3 is 5.51 Å². The normalized spacial score (nSPS) is 15.8. The molecule has 0 amide bonds. The predicted octanol–water partition coefficient (Wildman–Crippen LogP) is 4.15. The van der Waals surface area contributed by atoms with Gasteiger partial charge in [0.1, 0.15) is 0 Å². The van der Waals surface area contributed by atoms with Gasteiger partial charge in [0.05, 0.1) is 0 Å². The van der Waals surface area contributed by atoms with Crippen molar-refractivity contribution in [1.29, 1.82) is 0 Å². The third-order valence-corrected chi connectivity index (χ3v) is 4.37. The maximum absolute atomic E-state index is 12.2. The van der Waals surface area contributed by atoms with E-state index in [1.54, 1.807) is 0 Å². The van der Waals surface area contributed by atoms with Crippen LogP contribution < -0.4 is 5.32 Å². The Balaban J connectivity index is 1.70. The quantitative estimate of drug-likeness (QED) is 0.863. The van der Waals surface area contributed by atoms with Crippen molar-refractivity contribution in [2.45, 2.75) is 37.5 Å². The number of nitrogens with zero attached hydrogens (tertiary/aromatic N) is 1. The zero-order valence-electron chi connectivity index (χ0n) is 11.5. The fraction of sp³-hybridized carbons (Fsp3) is 0.467. The van der Waals surface area contributed by atoms with Crippen LogP contribution in [0.2, 0.25) is 0 Å². The molecule has 0 aliphatic heterocycles. The van der Waals surface area contributed by atoms with E-state index in [1.165, 1.54) is 18.4 Å². The average molecular weight is 314 g/mol. The Labute approximate surface area is 125 Å². The van der Waals surface area contributed by atoms with E-state index in [4.69, 9.17) is 0 Å². The van der Waals surface area contributed by atoms with Crippen molar-refractivity contribution in [1.82, 2.24) is 9.88 Å². The molecule has 3 rings (SSSR count). The molecule has 1 aromatic heterocycles. The number of fused-ring (bicyclic) bond motifs is 1. The number of alkyl halides is 3. The average Bonchev–Trinajstić information content (AvgIpc) is 3.16. The largest absolute Gasteiger partial charge is 0.441 e. The number of aromatic nitrogens is 1. The van der Waals surface area contributed by atoms with E-state index in [0.29, 0.717) is 12.6 Å². The first-order valence-electron chi connectivity index (χ1n) is 7.04. The lowest BCUT2D eigenvalue weighted by Crippen LogP contribution is -2.15. The number of hydrogen-bond acceptors (Lipinski definition) is 2. The van der Waals surface area contributed by atoms with Gasteiger partial charge in [0.25, 0.3) is 0 Å². The molecule has 0 saturated heterocycles. The molecular weight excluding hydrogens is 297 g/mol. The minimum atomic E-state index is -4.15. The summed E-state index contributed by atoms with van der Waals surface area (Å²) in [5.74, 6) is 0.0395. The number of rotatable bonds is 6. The van der Waals surface area contributed by atoms with Crippen LogP contribution in [-0.2, 0) is 13.1 Å². The number of aryl methyl sites for hydroxylation is 1. The Morgan fingerprint density at radius 2 is 2.05 bits per heavy atom. The molecule has 2 aromatic rings. The van der Waals surface area contributed by atoms with Crippen molar-refractivity contribution < 1.29 is 13.2 Å². The van der Waals surface area contributed by atoms with E-state index < -0.39 is 5.51 Å². The standard InChI is InChI=1S/C15H17F3N2S/c16-15(17,18)21-9-8-20-7-6-13-11(2-1-3-14(13)20)10-19-12-4-5-12/h1-3,6-7,12,19H,4-5,8-10H2. The van der Waals surface area contributed by atoms with Crippen molar-refractivity contribution in [3.05, 3.63) is 36.0 Å². The highest BCUT2D eigenvalue weighted by molar-refractivity contribution is 8.00. The van der Waals surface area contributed by atoms with Crippen molar-refractivity contribution in [3.63, 3.8) is 0 Å². The van der Waals surface area contributed by atoms with Crippen molar-refractivity contribution in [2.24, 2.45) is 0 Å². The van der Waals surface area contributed by atoms with Crippen LogP contribution in [0.3, 0.4) is 0 Å². The van der Waals surface area contributed by atoms with Gasteiger partial charge in [-0.1, -0.05) is 12.1 Å². The summed E-state index contributed by atoms with van der Waals surface area (Å²) in [5.41, 5.74) is -1.93. The summed E-state index contributed by atoms with van der Waals surface area (Å²) in [6, 6.07) is 8.66. The Morgan fingerprint density at radius 3 is 2.76 bits per heavy atom. The van der Waals surface area contributed by atoms with Gasteiger partial charge in [-0.2, -0.15) is 13.2 Å². The third-order valence-electron chi connectivity index (χ3n) is 3.66. The van der Waals surface area contributed by atoms with E-state index in [1.807, 2.05) is 29.0 Å². The molecule has 0 unspecified atom stereocenters. The van der Waals surface area contributed by atoms with Gasteiger partial charge in [-0.05, 0) is 42.3 Å². The number of benzene rings is 1. The topological polar surface area (TPSA) is 17.0 Å². The summed E-state index contributed by atoms with van der Waals surface area (Å²) < 4.78 is 38.5. The molecule has 1 aromatic carbocycles. The van der Waals surface area contributed by atoms with Crippen LogP contribution >= 0.6 is 11.8 Å². The summed E-state index contributed by atoms with van der Waals surface area (Å²) in [6.45, 7) is 1.19. The summed E-state index contributed by atoms with van der Waals surface area (Å²) in [5, 5.41) is 4.60. The molecule has 1 N–H and O–H groups in total. The molecule has 1 saturated carbocycles. The SMILES string of the molecule is FC(F)(F)SCCn1ccc2c(CNC3CC3)cccc21. The highest BCUT2D eigenvalue weighted by Crippen LogP contribution is 2.30. The maximum atomic E-state index is 12.2. The highest BCUT2D eigenvalue weighted by Gasteiger charge is 2.27. The van der Waals surface area contributed by atoms with E-state index in [0.717, 1.165) is 17.4 Å². The third kappa shape index (κ3) is 3.95. The summed E-state index contributed by atoms with van der Waals surface area (Å²) >= 11 is 0.0338. The molecule has 0 atom stereocenters. The highest BCUT2D eigenvalue weighted by atomic mass is 32.2. The molecule has 1 aliphatic carbocycles. The second-order valence-electron chi connectivity index (χ2n) is 5.31. The summed E-state index contributed by atoms with van der Waals surface area (Å²) in [4.78, 5) is 0. The second-order valence-corrected chi connectivity index (χ2v) is 6.47. The van der Waals surface area contributed by atoms with Gasteiger partial charge in [0, 0.05) is 42.0 Å². The molecule has 0 bridgehead atoms.